The zero-order valence-electron chi connectivity index (χ0n) is 14.1. The molecule has 0 spiro atoms. The number of anilines is 1. The number of hydrogen-bond acceptors (Lipinski definition) is 7. The zero-order chi connectivity index (χ0) is 16.6. The standard InChI is InChI=1S/C17H21N7O/c1-6-23(7-1)16-3-2-15-19-20-17(24(15)21-16)13-4-8-22(9-5-13)10-14-11-25-12-18-14/h2-3,11-13H,1,4-10H2. The van der Waals surface area contributed by atoms with Crippen molar-refractivity contribution in [2.75, 3.05) is 31.1 Å². The first-order valence-corrected chi connectivity index (χ1v) is 8.93. The van der Waals surface area contributed by atoms with Crippen LogP contribution in [0.4, 0.5) is 5.82 Å². The highest BCUT2D eigenvalue weighted by atomic mass is 16.3. The summed E-state index contributed by atoms with van der Waals surface area (Å²) in [7, 11) is 0. The van der Waals surface area contributed by atoms with Crippen LogP contribution in [0.1, 0.15) is 36.7 Å². The summed E-state index contributed by atoms with van der Waals surface area (Å²) in [6, 6.07) is 4.07. The van der Waals surface area contributed by atoms with Gasteiger partial charge in [0.25, 0.3) is 0 Å². The van der Waals surface area contributed by atoms with Gasteiger partial charge < -0.3 is 9.32 Å². The Bertz CT molecular complexity index is 847. The monoisotopic (exact) mass is 339 g/mol. The second-order valence-corrected chi connectivity index (χ2v) is 6.89. The van der Waals surface area contributed by atoms with Crippen molar-refractivity contribution < 1.29 is 4.42 Å². The molecule has 2 aliphatic heterocycles. The normalized spacial score (nSPS) is 19.4. The Balaban J connectivity index is 1.32. The van der Waals surface area contributed by atoms with Gasteiger partial charge in [0.1, 0.15) is 12.1 Å². The van der Waals surface area contributed by atoms with Crippen LogP contribution in [-0.2, 0) is 6.54 Å². The molecule has 8 heteroatoms. The van der Waals surface area contributed by atoms with E-state index in [9.17, 15) is 0 Å². The van der Waals surface area contributed by atoms with Crippen LogP contribution < -0.4 is 4.90 Å². The van der Waals surface area contributed by atoms with Crippen molar-refractivity contribution in [1.29, 1.82) is 0 Å². The van der Waals surface area contributed by atoms with Crippen LogP contribution >= 0.6 is 0 Å². The molecule has 3 aromatic heterocycles. The summed E-state index contributed by atoms with van der Waals surface area (Å²) in [4.78, 5) is 8.92. The minimum absolute atomic E-state index is 0.405. The molecule has 0 N–H and O–H groups in total. The SMILES string of the molecule is c1nc(CN2CCC(c3nnc4ccc(N5CCC5)nn34)CC2)co1. The predicted molar refractivity (Wildman–Crippen MR) is 91.4 cm³/mol. The summed E-state index contributed by atoms with van der Waals surface area (Å²) >= 11 is 0. The van der Waals surface area contributed by atoms with E-state index in [1.54, 1.807) is 6.26 Å². The Labute approximate surface area is 145 Å². The van der Waals surface area contributed by atoms with E-state index < -0.39 is 0 Å². The lowest BCUT2D eigenvalue weighted by atomic mass is 9.96. The number of nitrogens with zero attached hydrogens (tertiary/aromatic N) is 7. The lowest BCUT2D eigenvalue weighted by molar-refractivity contribution is 0.198. The highest BCUT2D eigenvalue weighted by Crippen LogP contribution is 2.28. The molecule has 0 aromatic carbocycles. The van der Waals surface area contributed by atoms with Crippen molar-refractivity contribution in [1.82, 2.24) is 29.7 Å². The van der Waals surface area contributed by atoms with Crippen molar-refractivity contribution in [2.24, 2.45) is 0 Å². The van der Waals surface area contributed by atoms with Crippen LogP contribution in [0, 0.1) is 0 Å². The summed E-state index contributed by atoms with van der Waals surface area (Å²) < 4.78 is 7.01. The van der Waals surface area contributed by atoms with Gasteiger partial charge in [0, 0.05) is 25.6 Å². The number of rotatable bonds is 4. The third kappa shape index (κ3) is 2.76. The molecule has 0 saturated carbocycles. The predicted octanol–water partition coefficient (Wildman–Crippen LogP) is 1.70. The van der Waals surface area contributed by atoms with Crippen molar-refractivity contribution in [3.05, 3.63) is 36.3 Å². The fourth-order valence-electron chi connectivity index (χ4n) is 3.66. The van der Waals surface area contributed by atoms with Gasteiger partial charge in [0.2, 0.25) is 0 Å². The summed E-state index contributed by atoms with van der Waals surface area (Å²) in [5.41, 5.74) is 1.83. The van der Waals surface area contributed by atoms with Crippen LogP contribution in [0.5, 0.6) is 0 Å². The smallest absolute Gasteiger partial charge is 0.180 e. The molecule has 0 amide bonds. The van der Waals surface area contributed by atoms with Crippen LogP contribution in [-0.4, -0.2) is 55.9 Å². The van der Waals surface area contributed by atoms with Gasteiger partial charge in [-0.15, -0.1) is 15.3 Å². The molecule has 0 aliphatic carbocycles. The molecule has 130 valence electrons. The van der Waals surface area contributed by atoms with E-state index >= 15 is 0 Å². The van der Waals surface area contributed by atoms with E-state index in [-0.39, 0.29) is 0 Å². The molecule has 8 nitrogen and oxygen atoms in total. The molecule has 3 aromatic rings. The Morgan fingerprint density at radius 2 is 1.96 bits per heavy atom. The molecular weight excluding hydrogens is 318 g/mol. The number of hydrogen-bond donors (Lipinski definition) is 0. The molecule has 2 fully saturated rings. The van der Waals surface area contributed by atoms with Crippen LogP contribution in [0.3, 0.4) is 0 Å². The highest BCUT2D eigenvalue weighted by molar-refractivity contribution is 5.47. The minimum Gasteiger partial charge on any atom is -0.451 e. The first kappa shape index (κ1) is 14.8. The van der Waals surface area contributed by atoms with Crippen molar-refractivity contribution in [3.63, 3.8) is 0 Å². The molecule has 0 bridgehead atoms. The van der Waals surface area contributed by atoms with Gasteiger partial charge in [-0.05, 0) is 44.5 Å². The van der Waals surface area contributed by atoms with Gasteiger partial charge in [-0.3, -0.25) is 4.90 Å². The molecule has 5 rings (SSSR count). The molecule has 2 aliphatic rings. The van der Waals surface area contributed by atoms with Gasteiger partial charge in [-0.1, -0.05) is 0 Å². The summed E-state index contributed by atoms with van der Waals surface area (Å²) in [5.74, 6) is 2.43. The highest BCUT2D eigenvalue weighted by Gasteiger charge is 2.26. The molecule has 0 radical (unpaired) electrons. The zero-order valence-corrected chi connectivity index (χ0v) is 14.1. The fraction of sp³-hybridized carbons (Fsp3) is 0.529. The van der Waals surface area contributed by atoms with Crippen LogP contribution in [0.15, 0.2) is 29.2 Å². The number of piperidine rings is 1. The second-order valence-electron chi connectivity index (χ2n) is 6.89. The second kappa shape index (κ2) is 6.11. The van der Waals surface area contributed by atoms with Crippen molar-refractivity contribution in [2.45, 2.75) is 31.7 Å². The topological polar surface area (TPSA) is 75.6 Å². The van der Waals surface area contributed by atoms with Crippen molar-refractivity contribution >= 4 is 11.5 Å². The van der Waals surface area contributed by atoms with E-state index in [2.05, 4.69) is 25.0 Å². The number of fused-ring (bicyclic) bond motifs is 1. The number of likely N-dealkylation sites (tertiary alicyclic amines) is 1. The molecule has 0 unspecified atom stereocenters. The maximum absolute atomic E-state index is 5.06. The maximum atomic E-state index is 5.06. The first-order valence-electron chi connectivity index (χ1n) is 8.93. The minimum atomic E-state index is 0.405. The van der Waals surface area contributed by atoms with Gasteiger partial charge in [-0.25, -0.2) is 4.98 Å². The lowest BCUT2D eigenvalue weighted by Crippen LogP contribution is -2.38. The van der Waals surface area contributed by atoms with Gasteiger partial charge in [-0.2, -0.15) is 4.52 Å². The van der Waals surface area contributed by atoms with E-state index in [0.29, 0.717) is 5.92 Å². The fourth-order valence-corrected chi connectivity index (χ4v) is 3.66. The van der Waals surface area contributed by atoms with Crippen LogP contribution in [0.25, 0.3) is 5.65 Å². The molecule has 5 heterocycles. The Morgan fingerprint density at radius 1 is 1.08 bits per heavy atom. The largest absolute Gasteiger partial charge is 0.451 e. The summed E-state index contributed by atoms with van der Waals surface area (Å²) in [6.45, 7) is 5.09. The molecule has 2 saturated heterocycles. The van der Waals surface area contributed by atoms with E-state index in [1.807, 2.05) is 16.6 Å². The van der Waals surface area contributed by atoms with Gasteiger partial charge in [0.05, 0.1) is 5.69 Å². The Hall–Kier alpha value is -2.48. The van der Waals surface area contributed by atoms with Gasteiger partial charge in [0.15, 0.2) is 17.9 Å². The first-order chi connectivity index (χ1) is 12.4. The number of oxazole rings is 1. The van der Waals surface area contributed by atoms with E-state index in [1.165, 1.54) is 12.8 Å². The summed E-state index contributed by atoms with van der Waals surface area (Å²) in [6.07, 6.45) is 6.59. The third-order valence-corrected chi connectivity index (χ3v) is 5.27. The lowest BCUT2D eigenvalue weighted by Gasteiger charge is -2.32. The van der Waals surface area contributed by atoms with E-state index in [0.717, 1.165) is 68.5 Å². The Morgan fingerprint density at radius 3 is 2.68 bits per heavy atom. The molecular formula is C17H21N7O. The summed E-state index contributed by atoms with van der Waals surface area (Å²) in [5, 5.41) is 13.6. The van der Waals surface area contributed by atoms with Crippen LogP contribution in [0.2, 0.25) is 0 Å². The van der Waals surface area contributed by atoms with Crippen molar-refractivity contribution in [3.8, 4) is 0 Å². The maximum Gasteiger partial charge on any atom is 0.180 e. The van der Waals surface area contributed by atoms with Gasteiger partial charge >= 0.3 is 0 Å². The number of aromatic nitrogens is 5. The molecule has 0 atom stereocenters. The third-order valence-electron chi connectivity index (χ3n) is 5.27. The quantitative estimate of drug-likeness (QED) is 0.716. The Kier molecular flexibility index (Phi) is 3.62. The average molecular weight is 339 g/mol. The average Bonchev–Trinajstić information content (AvgIpc) is 3.23. The molecule has 25 heavy (non-hydrogen) atoms. The van der Waals surface area contributed by atoms with E-state index in [4.69, 9.17) is 9.52 Å².